The Balaban J connectivity index is 0.909. The summed E-state index contributed by atoms with van der Waals surface area (Å²) in [5, 5.41) is 37.4. The van der Waals surface area contributed by atoms with Crippen molar-refractivity contribution in [1.29, 1.82) is 10.5 Å². The lowest BCUT2D eigenvalue weighted by Crippen LogP contribution is -2.62. The van der Waals surface area contributed by atoms with Gasteiger partial charge in [-0.05, 0) is 156 Å². The van der Waals surface area contributed by atoms with Crippen molar-refractivity contribution in [3.63, 3.8) is 0 Å². The smallest absolute Gasteiger partial charge is 0.332 e. The van der Waals surface area contributed by atoms with Gasteiger partial charge in [-0.15, -0.1) is 0 Å². The molecule has 0 radical (unpaired) electrons. The van der Waals surface area contributed by atoms with E-state index in [1.807, 2.05) is 47.2 Å². The minimum absolute atomic E-state index is 0.000536. The van der Waals surface area contributed by atoms with Crippen LogP contribution in [0.15, 0.2) is 58.4 Å². The van der Waals surface area contributed by atoms with Crippen LogP contribution in [-0.2, 0) is 29.6 Å². The van der Waals surface area contributed by atoms with Gasteiger partial charge in [0.2, 0.25) is 11.9 Å². The molecule has 4 aromatic heterocycles. The maximum atomic E-state index is 15.2. The summed E-state index contributed by atoms with van der Waals surface area (Å²) < 4.78 is 14.3. The molecule has 3 N–H and O–H groups in total. The fourth-order valence-electron chi connectivity index (χ4n) is 14.4. The van der Waals surface area contributed by atoms with E-state index in [0.717, 1.165) is 86.7 Å². The Labute approximate surface area is 368 Å². The number of fused-ring (bicyclic) bond motifs is 2. The fraction of sp³-hybridized carbons (Fsp3) is 0.500. The zero-order valence-electron chi connectivity index (χ0n) is 36.3. The van der Waals surface area contributed by atoms with Crippen molar-refractivity contribution in [1.82, 2.24) is 38.2 Å². The average Bonchev–Trinajstić information content (AvgIpc) is 3.67. The van der Waals surface area contributed by atoms with Crippen LogP contribution < -0.4 is 22.0 Å². The van der Waals surface area contributed by atoms with E-state index in [0.29, 0.717) is 81.9 Å². The SMILES string of the molecule is Cc1cc(C#N)ccc1Nc1ncc2c(n1)n(C13CC4CC(CC(OCn5c(=O)n(C67CC8CC(CC(O)(C8)C6)C7)c6nc(Nc7ccc(C#N)cc7C)ncc65)(C4)C1)C3)c(=O)n2C. The molecule has 0 amide bonds. The van der Waals surface area contributed by atoms with E-state index in [9.17, 15) is 20.4 Å². The Bertz CT molecular complexity index is 3150. The maximum absolute atomic E-state index is 15.2. The highest BCUT2D eigenvalue weighted by Gasteiger charge is 2.61. The van der Waals surface area contributed by atoms with Crippen LogP contribution in [0.2, 0.25) is 0 Å². The third kappa shape index (κ3) is 5.91. The Morgan fingerprint density at radius 2 is 1.22 bits per heavy atom. The van der Waals surface area contributed by atoms with E-state index in [-0.39, 0.29) is 18.1 Å². The summed E-state index contributed by atoms with van der Waals surface area (Å²) in [6.45, 7) is 3.85. The van der Waals surface area contributed by atoms with Crippen molar-refractivity contribution < 1.29 is 9.84 Å². The lowest BCUT2D eigenvalue weighted by atomic mass is 9.51. The van der Waals surface area contributed by atoms with Crippen LogP contribution >= 0.6 is 0 Å². The standard InChI is InChI=1S/C48H50N12O4/c1-27-8-29(20-49)4-6-35(27)53-41-51-22-37-39(55-41)59(43(61)57(37)3)46-14-33-11-34(15-46)19-48(18-33,25-46)64-26-58-38-23-52-42(54-36-7-5-30(21-50)9-28(36)2)56-40(38)60(44(58)62)45-12-31-10-32(13-45)17-47(63,16-31)24-45/h4-9,22-23,31-34,63H,10-19,24-26H2,1-3H3,(H,51,53,55)(H,52,54,56). The summed E-state index contributed by atoms with van der Waals surface area (Å²) in [4.78, 5) is 49.0. The second kappa shape index (κ2) is 13.6. The number of nitrogens with one attached hydrogen (secondary N) is 2. The van der Waals surface area contributed by atoms with Crippen molar-refractivity contribution in [2.24, 2.45) is 30.7 Å². The van der Waals surface area contributed by atoms with Crippen molar-refractivity contribution in [3.05, 3.63) is 92.0 Å². The molecule has 326 valence electrons. The van der Waals surface area contributed by atoms with Gasteiger partial charge in [0.25, 0.3) is 0 Å². The first-order valence-corrected chi connectivity index (χ1v) is 22.6. The Hall–Kier alpha value is -6.36. The Morgan fingerprint density at radius 1 is 0.719 bits per heavy atom. The summed E-state index contributed by atoms with van der Waals surface area (Å²) in [5.74, 6) is 2.05. The lowest BCUT2D eigenvalue weighted by molar-refractivity contribution is -0.202. The molecule has 8 aliphatic carbocycles. The molecule has 0 saturated heterocycles. The number of aliphatic hydroxyl groups is 1. The highest BCUT2D eigenvalue weighted by Crippen LogP contribution is 2.63. The van der Waals surface area contributed by atoms with Gasteiger partial charge in [0, 0.05) is 24.8 Å². The molecule has 4 unspecified atom stereocenters. The number of nitrogens with zero attached hydrogens (tertiary/aromatic N) is 10. The van der Waals surface area contributed by atoms with Gasteiger partial charge >= 0.3 is 11.4 Å². The van der Waals surface area contributed by atoms with Crippen molar-refractivity contribution in [3.8, 4) is 12.1 Å². The molecule has 8 saturated carbocycles. The van der Waals surface area contributed by atoms with E-state index in [1.54, 1.807) is 40.7 Å². The minimum Gasteiger partial charge on any atom is -0.390 e. The Morgan fingerprint density at radius 3 is 1.75 bits per heavy atom. The van der Waals surface area contributed by atoms with Gasteiger partial charge in [-0.3, -0.25) is 18.3 Å². The molecule has 6 aromatic rings. The van der Waals surface area contributed by atoms with Crippen LogP contribution in [-0.4, -0.2) is 54.5 Å². The molecule has 16 nitrogen and oxygen atoms in total. The zero-order valence-corrected chi connectivity index (χ0v) is 36.3. The van der Waals surface area contributed by atoms with Crippen LogP contribution in [0.3, 0.4) is 0 Å². The molecule has 14 rings (SSSR count). The molecule has 64 heavy (non-hydrogen) atoms. The number of aryl methyl sites for hydroxylation is 3. The Kier molecular flexibility index (Phi) is 8.33. The molecule has 4 heterocycles. The molecule has 4 atom stereocenters. The highest BCUT2D eigenvalue weighted by molar-refractivity contribution is 5.75. The van der Waals surface area contributed by atoms with Gasteiger partial charge < -0.3 is 20.5 Å². The first-order chi connectivity index (χ1) is 30.8. The third-order valence-electron chi connectivity index (χ3n) is 16.1. The van der Waals surface area contributed by atoms with Crippen molar-refractivity contribution in [2.45, 2.75) is 120 Å². The van der Waals surface area contributed by atoms with Gasteiger partial charge in [0.1, 0.15) is 17.8 Å². The van der Waals surface area contributed by atoms with E-state index in [4.69, 9.17) is 19.7 Å². The topological polar surface area (TPSA) is 207 Å². The van der Waals surface area contributed by atoms with Crippen LogP contribution in [0, 0.1) is 60.2 Å². The number of anilines is 4. The van der Waals surface area contributed by atoms with E-state index >= 15 is 4.79 Å². The molecule has 0 aliphatic heterocycles. The van der Waals surface area contributed by atoms with E-state index in [1.165, 1.54) is 0 Å². The quantitative estimate of drug-likeness (QED) is 0.140. The number of rotatable bonds is 9. The molecule has 8 aliphatic rings. The molecule has 2 aromatic carbocycles. The summed E-state index contributed by atoms with van der Waals surface area (Å²) >= 11 is 0. The van der Waals surface area contributed by atoms with Gasteiger partial charge in [-0.2, -0.15) is 20.5 Å². The number of aromatic nitrogens is 8. The van der Waals surface area contributed by atoms with Crippen molar-refractivity contribution in [2.75, 3.05) is 10.6 Å². The second-order valence-corrected chi connectivity index (χ2v) is 20.6. The summed E-state index contributed by atoms with van der Waals surface area (Å²) in [5.41, 5.74) is 3.88. The number of nitriles is 2. The van der Waals surface area contributed by atoms with Crippen LogP contribution in [0.5, 0.6) is 0 Å². The normalized spacial score (nSPS) is 30.8. The van der Waals surface area contributed by atoms with Crippen LogP contribution in [0.25, 0.3) is 22.3 Å². The molecular formula is C48H50N12O4. The van der Waals surface area contributed by atoms with Gasteiger partial charge in [-0.25, -0.2) is 19.6 Å². The van der Waals surface area contributed by atoms with E-state index < -0.39 is 22.3 Å². The summed E-state index contributed by atoms with van der Waals surface area (Å²) in [6, 6.07) is 15.2. The summed E-state index contributed by atoms with van der Waals surface area (Å²) in [7, 11) is 1.77. The second-order valence-electron chi connectivity index (χ2n) is 20.6. The predicted molar refractivity (Wildman–Crippen MR) is 237 cm³/mol. The third-order valence-corrected chi connectivity index (χ3v) is 16.1. The van der Waals surface area contributed by atoms with Crippen LogP contribution in [0.1, 0.15) is 99.3 Å². The number of benzene rings is 2. The molecular weight excluding hydrogens is 809 g/mol. The van der Waals surface area contributed by atoms with Crippen molar-refractivity contribution >= 4 is 45.6 Å². The van der Waals surface area contributed by atoms with Gasteiger partial charge in [0.15, 0.2) is 11.3 Å². The maximum Gasteiger partial charge on any atom is 0.332 e. The monoisotopic (exact) mass is 858 g/mol. The van der Waals surface area contributed by atoms with Gasteiger partial charge in [-0.1, -0.05) is 0 Å². The lowest BCUT2D eigenvalue weighted by Gasteiger charge is -2.61. The van der Waals surface area contributed by atoms with Gasteiger partial charge in [0.05, 0.1) is 57.9 Å². The number of ether oxygens (including phenoxy) is 1. The molecule has 8 bridgehead atoms. The predicted octanol–water partition coefficient (Wildman–Crippen LogP) is 6.65. The zero-order chi connectivity index (χ0) is 43.9. The molecule has 16 heteroatoms. The van der Waals surface area contributed by atoms with Crippen LogP contribution in [0.4, 0.5) is 23.3 Å². The first kappa shape index (κ1) is 39.2. The molecule has 0 spiro atoms. The molecule has 8 fully saturated rings. The minimum atomic E-state index is -0.806. The number of hydrogen-bond donors (Lipinski definition) is 3. The highest BCUT2D eigenvalue weighted by atomic mass is 16.5. The largest absolute Gasteiger partial charge is 0.390 e. The number of hydrogen-bond acceptors (Lipinski definition) is 12. The fourth-order valence-corrected chi connectivity index (χ4v) is 14.4. The first-order valence-electron chi connectivity index (χ1n) is 22.6. The average molecular weight is 859 g/mol. The summed E-state index contributed by atoms with van der Waals surface area (Å²) in [6.07, 6.45) is 13.2. The number of imidazole rings is 2. The van der Waals surface area contributed by atoms with E-state index in [2.05, 4.69) is 27.8 Å².